The second-order valence-electron chi connectivity index (χ2n) is 4.96. The number of halogens is 1. The van der Waals surface area contributed by atoms with Crippen molar-refractivity contribution in [3.05, 3.63) is 28.8 Å². The average molecular weight is 286 g/mol. The van der Waals surface area contributed by atoms with E-state index in [2.05, 4.69) is 5.32 Å². The predicted molar refractivity (Wildman–Crippen MR) is 75.4 cm³/mol. The molecule has 0 aliphatic carbocycles. The zero-order chi connectivity index (χ0) is 14.5. The highest BCUT2D eigenvalue weighted by molar-refractivity contribution is 6.32. The van der Waals surface area contributed by atoms with E-state index in [4.69, 9.17) is 16.3 Å². The fourth-order valence-corrected chi connectivity index (χ4v) is 1.73. The van der Waals surface area contributed by atoms with Gasteiger partial charge in [-0.15, -0.1) is 0 Å². The largest absolute Gasteiger partial charge is 0.482 e. The van der Waals surface area contributed by atoms with E-state index in [1.165, 1.54) is 0 Å². The summed E-state index contributed by atoms with van der Waals surface area (Å²) in [7, 11) is 0. The zero-order valence-corrected chi connectivity index (χ0v) is 12.3. The van der Waals surface area contributed by atoms with Crippen molar-refractivity contribution in [2.24, 2.45) is 0 Å². The number of rotatable bonds is 6. The van der Waals surface area contributed by atoms with Crippen molar-refractivity contribution in [2.75, 3.05) is 6.61 Å². The Balaban J connectivity index is 2.65. The maximum absolute atomic E-state index is 11.8. The molecule has 106 valence electrons. The average Bonchev–Trinajstić information content (AvgIpc) is 2.36. The summed E-state index contributed by atoms with van der Waals surface area (Å²) in [6, 6.07) is 5.08. The Kier molecular flexibility index (Phi) is 5.63. The van der Waals surface area contributed by atoms with Crippen LogP contribution in [0.15, 0.2) is 18.2 Å². The van der Waals surface area contributed by atoms with E-state index in [-0.39, 0.29) is 24.7 Å². The molecule has 0 aliphatic rings. The van der Waals surface area contributed by atoms with Crippen molar-refractivity contribution in [3.63, 3.8) is 0 Å². The van der Waals surface area contributed by atoms with Crippen LogP contribution in [0.4, 0.5) is 0 Å². The number of hydrogen-bond donors (Lipinski definition) is 2. The van der Waals surface area contributed by atoms with E-state index in [1.54, 1.807) is 18.2 Å². The van der Waals surface area contributed by atoms with Gasteiger partial charge in [0.25, 0.3) is 5.91 Å². The molecule has 1 amide bonds. The van der Waals surface area contributed by atoms with Crippen LogP contribution in [-0.4, -0.2) is 23.2 Å². The van der Waals surface area contributed by atoms with E-state index in [9.17, 15) is 9.90 Å². The SMILES string of the molecule is CCC(C)(C)NC(=O)COc1c(Cl)cccc1CO. The van der Waals surface area contributed by atoms with Gasteiger partial charge in [-0.2, -0.15) is 0 Å². The molecule has 0 spiro atoms. The number of carbonyl (C=O) groups excluding carboxylic acids is 1. The van der Waals surface area contributed by atoms with Crippen molar-refractivity contribution in [3.8, 4) is 5.75 Å². The van der Waals surface area contributed by atoms with Crippen LogP contribution in [0, 0.1) is 0 Å². The first-order valence-electron chi connectivity index (χ1n) is 6.21. The van der Waals surface area contributed by atoms with Gasteiger partial charge in [-0.1, -0.05) is 30.7 Å². The maximum atomic E-state index is 11.8. The highest BCUT2D eigenvalue weighted by Crippen LogP contribution is 2.28. The Hall–Kier alpha value is -1.26. The molecule has 4 nitrogen and oxygen atoms in total. The number of carbonyl (C=O) groups is 1. The Morgan fingerprint density at radius 3 is 2.74 bits per heavy atom. The highest BCUT2D eigenvalue weighted by Gasteiger charge is 2.18. The molecule has 0 fully saturated rings. The standard InChI is InChI=1S/C14H20ClNO3/c1-4-14(2,3)16-12(18)9-19-13-10(8-17)6-5-7-11(13)15/h5-7,17H,4,8-9H2,1-3H3,(H,16,18). The fraction of sp³-hybridized carbons (Fsp3) is 0.500. The molecule has 2 N–H and O–H groups in total. The van der Waals surface area contributed by atoms with Crippen molar-refractivity contribution in [1.29, 1.82) is 0 Å². The molecule has 0 atom stereocenters. The van der Waals surface area contributed by atoms with Gasteiger partial charge < -0.3 is 15.2 Å². The molecule has 5 heteroatoms. The molecule has 0 saturated carbocycles. The number of amides is 1. The van der Waals surface area contributed by atoms with Crippen LogP contribution in [0.25, 0.3) is 0 Å². The number of aliphatic hydroxyl groups excluding tert-OH is 1. The third kappa shape index (κ3) is 4.73. The van der Waals surface area contributed by atoms with E-state index in [0.29, 0.717) is 16.3 Å². The lowest BCUT2D eigenvalue weighted by Crippen LogP contribution is -2.44. The first-order chi connectivity index (χ1) is 8.89. The first-order valence-corrected chi connectivity index (χ1v) is 6.59. The summed E-state index contributed by atoms with van der Waals surface area (Å²) in [5.74, 6) is 0.145. The third-order valence-electron chi connectivity index (χ3n) is 2.93. The lowest BCUT2D eigenvalue weighted by Gasteiger charge is -2.24. The van der Waals surface area contributed by atoms with E-state index < -0.39 is 0 Å². The summed E-state index contributed by atoms with van der Waals surface area (Å²) in [6.07, 6.45) is 0.826. The van der Waals surface area contributed by atoms with E-state index >= 15 is 0 Å². The molecule has 0 aromatic heterocycles. The van der Waals surface area contributed by atoms with Gasteiger partial charge in [0.2, 0.25) is 0 Å². The van der Waals surface area contributed by atoms with Gasteiger partial charge in [0.15, 0.2) is 6.61 Å². The Labute approximate surface area is 118 Å². The number of hydrogen-bond acceptors (Lipinski definition) is 3. The maximum Gasteiger partial charge on any atom is 0.258 e. The lowest BCUT2D eigenvalue weighted by atomic mass is 10.0. The van der Waals surface area contributed by atoms with Gasteiger partial charge in [0, 0.05) is 11.1 Å². The summed E-state index contributed by atoms with van der Waals surface area (Å²) < 4.78 is 5.41. The van der Waals surface area contributed by atoms with Crippen molar-refractivity contribution in [1.82, 2.24) is 5.32 Å². The van der Waals surface area contributed by atoms with Crippen LogP contribution in [-0.2, 0) is 11.4 Å². The molecule has 19 heavy (non-hydrogen) atoms. The fourth-order valence-electron chi connectivity index (χ4n) is 1.48. The second kappa shape index (κ2) is 6.78. The summed E-state index contributed by atoms with van der Waals surface area (Å²) in [6.45, 7) is 5.58. The number of nitrogens with one attached hydrogen (secondary N) is 1. The van der Waals surface area contributed by atoms with Gasteiger partial charge in [0.1, 0.15) is 5.75 Å². The smallest absolute Gasteiger partial charge is 0.258 e. The lowest BCUT2D eigenvalue weighted by molar-refractivity contribution is -0.124. The molecule has 0 aliphatic heterocycles. The molecule has 0 saturated heterocycles. The molecule has 1 rings (SSSR count). The predicted octanol–water partition coefficient (Wildman–Crippen LogP) is 2.52. The minimum atomic E-state index is -0.263. The monoisotopic (exact) mass is 285 g/mol. The topological polar surface area (TPSA) is 58.6 Å². The van der Waals surface area contributed by atoms with Crippen molar-refractivity contribution < 1.29 is 14.6 Å². The second-order valence-corrected chi connectivity index (χ2v) is 5.37. The first kappa shape index (κ1) is 15.8. The minimum Gasteiger partial charge on any atom is -0.482 e. The molecular weight excluding hydrogens is 266 g/mol. The number of para-hydroxylation sites is 1. The summed E-state index contributed by atoms with van der Waals surface area (Å²) in [4.78, 5) is 11.8. The number of ether oxygens (including phenoxy) is 1. The third-order valence-corrected chi connectivity index (χ3v) is 3.23. The Morgan fingerprint density at radius 1 is 1.47 bits per heavy atom. The van der Waals surface area contributed by atoms with Crippen LogP contribution in [0.5, 0.6) is 5.75 Å². The quantitative estimate of drug-likeness (QED) is 0.844. The van der Waals surface area contributed by atoms with Crippen LogP contribution >= 0.6 is 11.6 Å². The van der Waals surface area contributed by atoms with E-state index in [1.807, 2.05) is 20.8 Å². The van der Waals surface area contributed by atoms with Gasteiger partial charge in [0.05, 0.1) is 11.6 Å². The van der Waals surface area contributed by atoms with Crippen molar-refractivity contribution in [2.45, 2.75) is 39.3 Å². The molecular formula is C14H20ClNO3. The van der Waals surface area contributed by atoms with Crippen LogP contribution in [0.3, 0.4) is 0 Å². The normalized spacial score (nSPS) is 11.2. The molecule has 0 unspecified atom stereocenters. The summed E-state index contributed by atoms with van der Waals surface area (Å²) >= 11 is 5.98. The molecule has 1 aromatic carbocycles. The molecule has 0 bridgehead atoms. The summed E-state index contributed by atoms with van der Waals surface area (Å²) in [5.41, 5.74) is 0.302. The minimum absolute atomic E-state index is 0.125. The number of benzene rings is 1. The Bertz CT molecular complexity index is 446. The van der Waals surface area contributed by atoms with Crippen molar-refractivity contribution >= 4 is 17.5 Å². The van der Waals surface area contributed by atoms with Crippen LogP contribution in [0.2, 0.25) is 5.02 Å². The highest BCUT2D eigenvalue weighted by atomic mass is 35.5. The van der Waals surface area contributed by atoms with Gasteiger partial charge in [-0.25, -0.2) is 0 Å². The Morgan fingerprint density at radius 2 is 2.16 bits per heavy atom. The molecule has 1 aromatic rings. The zero-order valence-electron chi connectivity index (χ0n) is 11.5. The van der Waals surface area contributed by atoms with Gasteiger partial charge in [-0.3, -0.25) is 4.79 Å². The molecule has 0 heterocycles. The van der Waals surface area contributed by atoms with Gasteiger partial charge >= 0.3 is 0 Å². The van der Waals surface area contributed by atoms with Crippen LogP contribution < -0.4 is 10.1 Å². The summed E-state index contributed by atoms with van der Waals surface area (Å²) in [5, 5.41) is 12.4. The molecule has 0 radical (unpaired) electrons. The van der Waals surface area contributed by atoms with Gasteiger partial charge in [-0.05, 0) is 26.3 Å². The van der Waals surface area contributed by atoms with E-state index in [0.717, 1.165) is 6.42 Å². The van der Waals surface area contributed by atoms with Crippen LogP contribution in [0.1, 0.15) is 32.8 Å². The number of aliphatic hydroxyl groups is 1.